The van der Waals surface area contributed by atoms with Crippen molar-refractivity contribution < 1.29 is 17.7 Å². The van der Waals surface area contributed by atoms with Crippen LogP contribution in [0.25, 0.3) is 0 Å². The molecule has 10 heteroatoms. The first-order chi connectivity index (χ1) is 12.3. The number of nitro benzene ring substituents is 1. The number of hydrogen-bond donors (Lipinski definition) is 0. The van der Waals surface area contributed by atoms with Gasteiger partial charge in [0.2, 0.25) is 10.0 Å². The van der Waals surface area contributed by atoms with E-state index >= 15 is 0 Å². The Morgan fingerprint density at radius 2 is 1.65 bits per heavy atom. The van der Waals surface area contributed by atoms with Gasteiger partial charge in [-0.05, 0) is 30.3 Å². The molecule has 2 aromatic carbocycles. The van der Waals surface area contributed by atoms with Crippen LogP contribution in [0.2, 0.25) is 5.02 Å². The van der Waals surface area contributed by atoms with Crippen molar-refractivity contribution in [3.63, 3.8) is 0 Å². The first-order valence-electron chi connectivity index (χ1n) is 7.73. The molecule has 0 bridgehead atoms. The number of nitrogens with zero attached hydrogens (tertiary/aromatic N) is 3. The third-order valence-corrected chi connectivity index (χ3v) is 6.38. The van der Waals surface area contributed by atoms with Crippen LogP contribution in [0.1, 0.15) is 0 Å². The molecule has 0 unspecified atom stereocenters. The standard InChI is InChI=1S/C16H15ClFN3O4S/c17-15-11-14(5-6-16(15)18)26(24,25)20-9-7-19(8-10-20)12-1-3-13(4-2-12)21(22)23/h1-6,11H,7-10H2. The predicted molar refractivity (Wildman–Crippen MR) is 95.5 cm³/mol. The predicted octanol–water partition coefficient (Wildman–Crippen LogP) is 2.90. The van der Waals surface area contributed by atoms with Gasteiger partial charge in [0.1, 0.15) is 5.82 Å². The van der Waals surface area contributed by atoms with Gasteiger partial charge in [-0.3, -0.25) is 10.1 Å². The molecule has 0 aromatic heterocycles. The van der Waals surface area contributed by atoms with Gasteiger partial charge < -0.3 is 4.90 Å². The molecule has 7 nitrogen and oxygen atoms in total. The summed E-state index contributed by atoms with van der Waals surface area (Å²) in [6.07, 6.45) is 0. The van der Waals surface area contributed by atoms with Crippen LogP contribution < -0.4 is 4.90 Å². The number of non-ortho nitro benzene ring substituents is 1. The lowest BCUT2D eigenvalue weighted by molar-refractivity contribution is -0.384. The Hall–Kier alpha value is -2.23. The number of anilines is 1. The first kappa shape index (κ1) is 18.6. The molecule has 3 rings (SSSR count). The van der Waals surface area contributed by atoms with Crippen molar-refractivity contribution in [3.05, 3.63) is 63.4 Å². The van der Waals surface area contributed by atoms with E-state index < -0.39 is 20.8 Å². The average molecular weight is 400 g/mol. The molecular formula is C16H15ClFN3O4S. The maximum absolute atomic E-state index is 13.3. The summed E-state index contributed by atoms with van der Waals surface area (Å²) < 4.78 is 39.9. The van der Waals surface area contributed by atoms with Gasteiger partial charge in [0.15, 0.2) is 0 Å². The second-order valence-electron chi connectivity index (χ2n) is 5.74. The van der Waals surface area contributed by atoms with Crippen molar-refractivity contribution >= 4 is 33.0 Å². The number of hydrogen-bond acceptors (Lipinski definition) is 5. The van der Waals surface area contributed by atoms with Crippen molar-refractivity contribution in [1.29, 1.82) is 0 Å². The molecular weight excluding hydrogens is 385 g/mol. The second kappa shape index (κ2) is 7.18. The highest BCUT2D eigenvalue weighted by Gasteiger charge is 2.29. The summed E-state index contributed by atoms with van der Waals surface area (Å²) in [6.45, 7) is 1.36. The van der Waals surface area contributed by atoms with Gasteiger partial charge in [-0.2, -0.15) is 4.31 Å². The van der Waals surface area contributed by atoms with E-state index in [9.17, 15) is 22.9 Å². The Balaban J connectivity index is 1.71. The summed E-state index contributed by atoms with van der Waals surface area (Å²) >= 11 is 5.68. The molecule has 0 saturated carbocycles. The Morgan fingerprint density at radius 1 is 1.04 bits per heavy atom. The lowest BCUT2D eigenvalue weighted by Crippen LogP contribution is -2.48. The second-order valence-corrected chi connectivity index (χ2v) is 8.09. The summed E-state index contributed by atoms with van der Waals surface area (Å²) in [5.41, 5.74) is 0.792. The normalized spacial score (nSPS) is 15.8. The smallest absolute Gasteiger partial charge is 0.269 e. The highest BCUT2D eigenvalue weighted by molar-refractivity contribution is 7.89. The van der Waals surface area contributed by atoms with Crippen LogP contribution >= 0.6 is 11.6 Å². The summed E-state index contributed by atoms with van der Waals surface area (Å²) in [5, 5.41) is 10.5. The van der Waals surface area contributed by atoms with E-state index in [4.69, 9.17) is 11.6 Å². The SMILES string of the molecule is O=[N+]([O-])c1ccc(N2CCN(S(=O)(=O)c3ccc(F)c(Cl)c3)CC2)cc1. The van der Waals surface area contributed by atoms with E-state index in [0.29, 0.717) is 13.1 Å². The van der Waals surface area contributed by atoms with Crippen LogP contribution in [0.3, 0.4) is 0 Å². The number of benzene rings is 2. The van der Waals surface area contributed by atoms with Crippen LogP contribution in [0.15, 0.2) is 47.4 Å². The zero-order chi connectivity index (χ0) is 18.9. The fraction of sp³-hybridized carbons (Fsp3) is 0.250. The minimum atomic E-state index is -3.76. The maximum Gasteiger partial charge on any atom is 0.269 e. The molecule has 26 heavy (non-hydrogen) atoms. The number of piperazine rings is 1. The van der Waals surface area contributed by atoms with E-state index in [-0.39, 0.29) is 28.7 Å². The molecule has 0 atom stereocenters. The largest absolute Gasteiger partial charge is 0.369 e. The van der Waals surface area contributed by atoms with Gasteiger partial charge in [-0.1, -0.05) is 11.6 Å². The van der Waals surface area contributed by atoms with Gasteiger partial charge in [0, 0.05) is 44.0 Å². The van der Waals surface area contributed by atoms with E-state index in [1.807, 2.05) is 4.90 Å². The molecule has 0 radical (unpaired) electrons. The summed E-state index contributed by atoms with van der Waals surface area (Å²) in [7, 11) is -3.76. The highest BCUT2D eigenvalue weighted by atomic mass is 35.5. The lowest BCUT2D eigenvalue weighted by atomic mass is 10.2. The molecule has 2 aromatic rings. The van der Waals surface area contributed by atoms with Crippen LogP contribution in [-0.4, -0.2) is 43.8 Å². The lowest BCUT2D eigenvalue weighted by Gasteiger charge is -2.35. The van der Waals surface area contributed by atoms with Crippen molar-refractivity contribution in [2.75, 3.05) is 31.1 Å². The molecule has 0 amide bonds. The average Bonchev–Trinajstić information content (AvgIpc) is 2.64. The van der Waals surface area contributed by atoms with Gasteiger partial charge in [0.25, 0.3) is 5.69 Å². The third-order valence-electron chi connectivity index (χ3n) is 4.19. The Kier molecular flexibility index (Phi) is 5.12. The molecule has 0 spiro atoms. The van der Waals surface area contributed by atoms with Gasteiger partial charge in [-0.15, -0.1) is 0 Å². The van der Waals surface area contributed by atoms with Gasteiger partial charge in [-0.25, -0.2) is 12.8 Å². The van der Waals surface area contributed by atoms with Crippen LogP contribution in [0.5, 0.6) is 0 Å². The molecule has 1 aliphatic rings. The molecule has 1 heterocycles. The van der Waals surface area contributed by atoms with Crippen molar-refractivity contribution in [2.24, 2.45) is 0 Å². The van der Waals surface area contributed by atoms with E-state index in [1.54, 1.807) is 12.1 Å². The zero-order valence-corrected chi connectivity index (χ0v) is 15.1. The minimum absolute atomic E-state index is 0.00292. The highest BCUT2D eigenvalue weighted by Crippen LogP contribution is 2.25. The molecule has 138 valence electrons. The van der Waals surface area contributed by atoms with E-state index in [2.05, 4.69) is 0 Å². The third kappa shape index (κ3) is 3.64. The zero-order valence-electron chi connectivity index (χ0n) is 13.5. The summed E-state index contributed by atoms with van der Waals surface area (Å²) in [4.78, 5) is 12.1. The fourth-order valence-corrected chi connectivity index (χ4v) is 4.45. The van der Waals surface area contributed by atoms with E-state index in [0.717, 1.165) is 17.8 Å². The quantitative estimate of drug-likeness (QED) is 0.583. The fourth-order valence-electron chi connectivity index (χ4n) is 2.76. The number of halogens is 2. The van der Waals surface area contributed by atoms with Gasteiger partial charge in [0.05, 0.1) is 14.8 Å². The number of nitro groups is 1. The summed E-state index contributed by atoms with van der Waals surface area (Å²) in [6, 6.07) is 9.44. The Bertz CT molecular complexity index is 929. The van der Waals surface area contributed by atoms with Crippen LogP contribution in [-0.2, 0) is 10.0 Å². The molecule has 0 aliphatic carbocycles. The molecule has 1 aliphatic heterocycles. The topological polar surface area (TPSA) is 83.8 Å². The first-order valence-corrected chi connectivity index (χ1v) is 9.55. The van der Waals surface area contributed by atoms with Crippen molar-refractivity contribution in [3.8, 4) is 0 Å². The maximum atomic E-state index is 13.3. The summed E-state index contributed by atoms with van der Waals surface area (Å²) in [5.74, 6) is -0.673. The monoisotopic (exact) mass is 399 g/mol. The van der Waals surface area contributed by atoms with Crippen molar-refractivity contribution in [2.45, 2.75) is 4.90 Å². The van der Waals surface area contributed by atoms with Gasteiger partial charge >= 0.3 is 0 Å². The van der Waals surface area contributed by atoms with Crippen molar-refractivity contribution in [1.82, 2.24) is 4.31 Å². The number of sulfonamides is 1. The van der Waals surface area contributed by atoms with Crippen LogP contribution in [0, 0.1) is 15.9 Å². The minimum Gasteiger partial charge on any atom is -0.369 e. The molecule has 1 saturated heterocycles. The van der Waals surface area contributed by atoms with E-state index in [1.165, 1.54) is 22.5 Å². The van der Waals surface area contributed by atoms with Crippen LogP contribution in [0.4, 0.5) is 15.8 Å². The molecule has 0 N–H and O–H groups in total. The number of rotatable bonds is 4. The molecule has 1 fully saturated rings. The Morgan fingerprint density at radius 3 is 2.19 bits per heavy atom. The Labute approximate surface area is 154 Å².